The van der Waals surface area contributed by atoms with Gasteiger partial charge in [0.25, 0.3) is 0 Å². The predicted octanol–water partition coefficient (Wildman–Crippen LogP) is 0.994. The second-order valence-corrected chi connectivity index (χ2v) is 4.25. The summed E-state index contributed by atoms with van der Waals surface area (Å²) in [4.78, 5) is 34.6. The minimum Gasteiger partial charge on any atom is -0.478 e. The maximum absolute atomic E-state index is 11.8. The molecule has 0 aliphatic rings. The van der Waals surface area contributed by atoms with Crippen LogP contribution in [-0.4, -0.2) is 48.6 Å². The van der Waals surface area contributed by atoms with Gasteiger partial charge >= 0.3 is 12.0 Å². The topological polar surface area (TPSA) is 98.7 Å². The largest absolute Gasteiger partial charge is 0.478 e. The molecule has 0 bridgehead atoms. The SMILES string of the molecule is CNC(=O)CN(C)C(=O)Nc1ccc(/C=C/C(=O)O)cc1. The summed E-state index contributed by atoms with van der Waals surface area (Å²) in [5, 5.41) is 13.6. The van der Waals surface area contributed by atoms with Gasteiger partial charge in [-0.15, -0.1) is 0 Å². The molecule has 0 spiro atoms. The summed E-state index contributed by atoms with van der Waals surface area (Å²) >= 11 is 0. The van der Waals surface area contributed by atoms with Crippen molar-refractivity contribution in [2.24, 2.45) is 0 Å². The summed E-state index contributed by atoms with van der Waals surface area (Å²) in [6, 6.07) is 6.23. The molecule has 0 saturated carbocycles. The van der Waals surface area contributed by atoms with E-state index >= 15 is 0 Å². The molecule has 0 aliphatic carbocycles. The molecular weight excluding hydrogens is 274 g/mol. The molecule has 0 fully saturated rings. The van der Waals surface area contributed by atoms with Crippen molar-refractivity contribution >= 4 is 29.7 Å². The minimum absolute atomic E-state index is 0.0399. The predicted molar refractivity (Wildman–Crippen MR) is 78.8 cm³/mol. The van der Waals surface area contributed by atoms with Crippen LogP contribution in [0.15, 0.2) is 30.3 Å². The maximum atomic E-state index is 11.8. The van der Waals surface area contributed by atoms with E-state index in [4.69, 9.17) is 5.11 Å². The Morgan fingerprint density at radius 2 is 1.86 bits per heavy atom. The van der Waals surface area contributed by atoms with E-state index in [0.29, 0.717) is 11.3 Å². The van der Waals surface area contributed by atoms with Gasteiger partial charge in [-0.05, 0) is 23.8 Å². The first-order valence-electron chi connectivity index (χ1n) is 6.16. The van der Waals surface area contributed by atoms with Crippen LogP contribution >= 0.6 is 0 Å². The minimum atomic E-state index is -1.02. The molecule has 0 heterocycles. The molecule has 0 radical (unpaired) electrons. The van der Waals surface area contributed by atoms with E-state index in [2.05, 4.69) is 10.6 Å². The number of amides is 3. The lowest BCUT2D eigenvalue weighted by Gasteiger charge is -2.16. The molecule has 0 aliphatic heterocycles. The van der Waals surface area contributed by atoms with Crippen molar-refractivity contribution in [2.75, 3.05) is 26.0 Å². The quantitative estimate of drug-likeness (QED) is 0.705. The smallest absolute Gasteiger partial charge is 0.328 e. The summed E-state index contributed by atoms with van der Waals surface area (Å²) in [7, 11) is 3.01. The summed E-state index contributed by atoms with van der Waals surface area (Å²) < 4.78 is 0. The van der Waals surface area contributed by atoms with E-state index < -0.39 is 12.0 Å². The van der Waals surface area contributed by atoms with E-state index in [0.717, 1.165) is 6.08 Å². The fourth-order valence-electron chi connectivity index (χ4n) is 1.43. The van der Waals surface area contributed by atoms with Crippen LogP contribution < -0.4 is 10.6 Å². The number of likely N-dealkylation sites (N-methyl/N-ethyl adjacent to an activating group) is 2. The molecule has 3 amide bonds. The van der Waals surface area contributed by atoms with E-state index in [9.17, 15) is 14.4 Å². The van der Waals surface area contributed by atoms with Crippen molar-refractivity contribution in [1.82, 2.24) is 10.2 Å². The number of hydrogen-bond donors (Lipinski definition) is 3. The first-order chi connectivity index (χ1) is 9.92. The maximum Gasteiger partial charge on any atom is 0.328 e. The zero-order chi connectivity index (χ0) is 15.8. The molecular formula is C14H17N3O4. The normalized spacial score (nSPS) is 10.2. The highest BCUT2D eigenvalue weighted by molar-refractivity contribution is 5.92. The van der Waals surface area contributed by atoms with Crippen molar-refractivity contribution < 1.29 is 19.5 Å². The number of rotatable bonds is 5. The third-order valence-electron chi connectivity index (χ3n) is 2.59. The molecule has 3 N–H and O–H groups in total. The van der Waals surface area contributed by atoms with Crippen LogP contribution in [0.4, 0.5) is 10.5 Å². The van der Waals surface area contributed by atoms with Gasteiger partial charge in [0.05, 0.1) is 0 Å². The zero-order valence-corrected chi connectivity index (χ0v) is 11.8. The summed E-state index contributed by atoms with van der Waals surface area (Å²) in [6.07, 6.45) is 2.48. The van der Waals surface area contributed by atoms with Crippen LogP contribution in [0, 0.1) is 0 Å². The number of nitrogens with zero attached hydrogens (tertiary/aromatic N) is 1. The van der Waals surface area contributed by atoms with Crippen LogP contribution in [0.5, 0.6) is 0 Å². The fraction of sp³-hybridized carbons (Fsp3) is 0.214. The van der Waals surface area contributed by atoms with Gasteiger partial charge in [-0.2, -0.15) is 0 Å². The van der Waals surface area contributed by atoms with Gasteiger partial charge in [-0.3, -0.25) is 4.79 Å². The summed E-state index contributed by atoms with van der Waals surface area (Å²) in [6.45, 7) is -0.0399. The second kappa shape index (κ2) is 7.68. The van der Waals surface area contributed by atoms with Crippen LogP contribution in [0.3, 0.4) is 0 Å². The van der Waals surface area contributed by atoms with E-state index in [1.807, 2.05) is 0 Å². The second-order valence-electron chi connectivity index (χ2n) is 4.25. The molecule has 1 aromatic carbocycles. The third kappa shape index (κ3) is 5.77. The van der Waals surface area contributed by atoms with Crippen molar-refractivity contribution in [3.8, 4) is 0 Å². The molecule has 7 nitrogen and oxygen atoms in total. The average molecular weight is 291 g/mol. The fourth-order valence-corrected chi connectivity index (χ4v) is 1.43. The van der Waals surface area contributed by atoms with Crippen molar-refractivity contribution in [3.05, 3.63) is 35.9 Å². The van der Waals surface area contributed by atoms with Crippen LogP contribution in [0.25, 0.3) is 6.08 Å². The molecule has 0 unspecified atom stereocenters. The van der Waals surface area contributed by atoms with Gasteiger partial charge in [0.1, 0.15) is 6.54 Å². The monoisotopic (exact) mass is 291 g/mol. The lowest BCUT2D eigenvalue weighted by molar-refractivity contribution is -0.131. The van der Waals surface area contributed by atoms with Gasteiger partial charge in [0.15, 0.2) is 0 Å². The van der Waals surface area contributed by atoms with Crippen molar-refractivity contribution in [3.63, 3.8) is 0 Å². The Hall–Kier alpha value is -2.83. The number of carboxylic acids is 1. The number of carbonyl (C=O) groups is 3. The van der Waals surface area contributed by atoms with Crippen LogP contribution in [0.2, 0.25) is 0 Å². The van der Waals surface area contributed by atoms with E-state index in [1.165, 1.54) is 25.1 Å². The van der Waals surface area contributed by atoms with Crippen LogP contribution in [0.1, 0.15) is 5.56 Å². The number of nitrogens with one attached hydrogen (secondary N) is 2. The van der Waals surface area contributed by atoms with Crippen molar-refractivity contribution in [1.29, 1.82) is 0 Å². The Morgan fingerprint density at radius 3 is 2.38 bits per heavy atom. The average Bonchev–Trinajstić information content (AvgIpc) is 2.46. The standard InChI is InChI=1S/C14H17N3O4/c1-15-12(18)9-17(2)14(21)16-11-6-3-10(4-7-11)5-8-13(19)20/h3-8H,9H2,1-2H3,(H,15,18)(H,16,21)(H,19,20)/b8-5+. The molecule has 21 heavy (non-hydrogen) atoms. The lowest BCUT2D eigenvalue weighted by Crippen LogP contribution is -2.39. The highest BCUT2D eigenvalue weighted by Gasteiger charge is 2.11. The molecule has 1 rings (SSSR count). The Labute approximate surface area is 122 Å². The number of urea groups is 1. The number of carboxylic acid groups (broad SMARTS) is 1. The third-order valence-corrected chi connectivity index (χ3v) is 2.59. The van der Waals surface area contributed by atoms with Crippen LogP contribution in [-0.2, 0) is 9.59 Å². The molecule has 7 heteroatoms. The Bertz CT molecular complexity index is 552. The number of anilines is 1. The Kier molecular flexibility index (Phi) is 5.94. The van der Waals surface area contributed by atoms with Gasteiger partial charge in [0, 0.05) is 25.9 Å². The van der Waals surface area contributed by atoms with Crippen molar-refractivity contribution in [2.45, 2.75) is 0 Å². The summed E-state index contributed by atoms with van der Waals surface area (Å²) in [5.74, 6) is -1.29. The van der Waals surface area contributed by atoms with E-state index in [-0.39, 0.29) is 12.5 Å². The molecule has 0 saturated heterocycles. The number of carbonyl (C=O) groups excluding carboxylic acids is 2. The molecule has 1 aromatic rings. The van der Waals surface area contributed by atoms with E-state index in [1.54, 1.807) is 24.3 Å². The number of benzene rings is 1. The first kappa shape index (κ1) is 16.2. The Balaban J connectivity index is 2.61. The molecule has 112 valence electrons. The lowest BCUT2D eigenvalue weighted by atomic mass is 10.2. The molecule has 0 aromatic heterocycles. The van der Waals surface area contributed by atoms with Gasteiger partial charge in [-0.1, -0.05) is 12.1 Å². The highest BCUT2D eigenvalue weighted by Crippen LogP contribution is 2.11. The molecule has 0 atom stereocenters. The van der Waals surface area contributed by atoms with Gasteiger partial charge in [0.2, 0.25) is 5.91 Å². The van der Waals surface area contributed by atoms with Gasteiger partial charge < -0.3 is 20.6 Å². The summed E-state index contributed by atoms with van der Waals surface area (Å²) in [5.41, 5.74) is 1.25. The highest BCUT2D eigenvalue weighted by atomic mass is 16.4. The first-order valence-corrected chi connectivity index (χ1v) is 6.16. The number of hydrogen-bond acceptors (Lipinski definition) is 3. The Morgan fingerprint density at radius 1 is 1.24 bits per heavy atom. The van der Waals surface area contributed by atoms with Gasteiger partial charge in [-0.25, -0.2) is 9.59 Å². The number of aliphatic carboxylic acids is 1. The zero-order valence-electron chi connectivity index (χ0n) is 11.8.